The minimum absolute atomic E-state index is 0.0214. The second kappa shape index (κ2) is 7.20. The molecule has 29 heavy (non-hydrogen) atoms. The second-order valence-corrected chi connectivity index (χ2v) is 9.05. The molecule has 0 saturated carbocycles. The van der Waals surface area contributed by atoms with Crippen LogP contribution in [0.1, 0.15) is 12.5 Å². The maximum atomic E-state index is 13.0. The minimum Gasteiger partial charge on any atom is -0.435 e. The smallest absolute Gasteiger partial charge is 0.435 e. The first-order valence-corrected chi connectivity index (χ1v) is 10.2. The molecule has 0 fully saturated rings. The van der Waals surface area contributed by atoms with Crippen molar-refractivity contribution >= 4 is 32.7 Å². The highest BCUT2D eigenvalue weighted by molar-refractivity contribution is 8.00. The first kappa shape index (κ1) is 21.4. The summed E-state index contributed by atoms with van der Waals surface area (Å²) in [6.07, 6.45) is -4.39. The number of oxazole rings is 1. The Morgan fingerprint density at radius 3 is 2.38 bits per heavy atom. The molecule has 0 N–H and O–H groups in total. The summed E-state index contributed by atoms with van der Waals surface area (Å²) in [5.74, 6) is -0.926. The predicted molar refractivity (Wildman–Crippen MR) is 91.9 cm³/mol. The van der Waals surface area contributed by atoms with Gasteiger partial charge < -0.3 is 4.42 Å². The third-order valence-electron chi connectivity index (χ3n) is 3.69. The normalized spacial score (nSPS) is 13.2. The van der Waals surface area contributed by atoms with Crippen LogP contribution in [0.4, 0.5) is 26.3 Å². The van der Waals surface area contributed by atoms with E-state index in [0.717, 1.165) is 12.1 Å². The molecule has 2 aromatic heterocycles. The Kier molecular flexibility index (Phi) is 5.32. The van der Waals surface area contributed by atoms with Crippen LogP contribution < -0.4 is 0 Å². The summed E-state index contributed by atoms with van der Waals surface area (Å²) in [7, 11) is -4.14. The predicted octanol–water partition coefficient (Wildman–Crippen LogP) is 5.31. The third kappa shape index (κ3) is 4.66. The molecule has 0 amide bonds. The summed E-state index contributed by atoms with van der Waals surface area (Å²) < 4.78 is 106. The second-order valence-electron chi connectivity index (χ2n) is 5.67. The van der Waals surface area contributed by atoms with Gasteiger partial charge in [-0.15, -0.1) is 0 Å². The average Bonchev–Trinajstić information content (AvgIpc) is 3.02. The van der Waals surface area contributed by atoms with Crippen LogP contribution in [0.25, 0.3) is 22.7 Å². The SMILES string of the molecule is CCS(=O)(=O)c1cc(C(F)(F)F)cnc1-c1nc2cc(SC(F)(F)F)ccc2o1. The Balaban J connectivity index is 2.15. The lowest BCUT2D eigenvalue weighted by molar-refractivity contribution is -0.138. The average molecular weight is 456 g/mol. The Bertz CT molecular complexity index is 1170. The lowest BCUT2D eigenvalue weighted by Crippen LogP contribution is -2.12. The molecule has 0 spiro atoms. The van der Waals surface area contributed by atoms with E-state index in [-0.39, 0.29) is 27.8 Å². The Morgan fingerprint density at radius 2 is 1.79 bits per heavy atom. The number of fused-ring (bicyclic) bond motifs is 1. The molecule has 3 aromatic rings. The summed E-state index contributed by atoms with van der Waals surface area (Å²) in [5.41, 5.74) is -6.27. The van der Waals surface area contributed by atoms with Gasteiger partial charge in [0.2, 0.25) is 5.89 Å². The molecule has 0 bridgehead atoms. The molecule has 0 radical (unpaired) electrons. The number of rotatable bonds is 4. The Hall–Kier alpha value is -2.28. The fourth-order valence-corrected chi connectivity index (χ4v) is 3.98. The zero-order valence-electron chi connectivity index (χ0n) is 14.3. The molecular formula is C16H10F6N2O3S2. The van der Waals surface area contributed by atoms with Gasteiger partial charge >= 0.3 is 11.7 Å². The standard InChI is InChI=1S/C16H10F6N2O3S2/c1-2-29(25,26)12-5-8(15(17,18)19)7-23-13(12)14-24-10-6-9(28-16(20,21)22)3-4-11(10)27-14/h3-7H,2H2,1H3. The quantitative estimate of drug-likeness (QED) is 0.391. The number of pyridine rings is 1. The van der Waals surface area contributed by atoms with Gasteiger partial charge in [0.15, 0.2) is 15.4 Å². The van der Waals surface area contributed by atoms with E-state index >= 15 is 0 Å². The van der Waals surface area contributed by atoms with E-state index in [4.69, 9.17) is 4.42 Å². The molecule has 3 rings (SSSR count). The van der Waals surface area contributed by atoms with Crippen molar-refractivity contribution in [1.29, 1.82) is 0 Å². The zero-order chi connectivity index (χ0) is 21.6. The molecule has 0 aliphatic heterocycles. The number of benzene rings is 1. The van der Waals surface area contributed by atoms with Gasteiger partial charge in [0.05, 0.1) is 16.2 Å². The van der Waals surface area contributed by atoms with Crippen LogP contribution in [-0.2, 0) is 16.0 Å². The Morgan fingerprint density at radius 1 is 1.10 bits per heavy atom. The number of hydrogen-bond acceptors (Lipinski definition) is 6. The van der Waals surface area contributed by atoms with Crippen LogP contribution in [0.3, 0.4) is 0 Å². The lowest BCUT2D eigenvalue weighted by Gasteiger charge is -2.10. The van der Waals surface area contributed by atoms with E-state index in [2.05, 4.69) is 9.97 Å². The van der Waals surface area contributed by atoms with Crippen molar-refractivity contribution in [2.24, 2.45) is 0 Å². The fourth-order valence-electron chi connectivity index (χ4n) is 2.36. The van der Waals surface area contributed by atoms with Crippen molar-refractivity contribution in [2.75, 3.05) is 5.75 Å². The maximum Gasteiger partial charge on any atom is 0.446 e. The molecule has 1 aromatic carbocycles. The van der Waals surface area contributed by atoms with Crippen LogP contribution in [0.15, 0.2) is 44.7 Å². The van der Waals surface area contributed by atoms with Gasteiger partial charge in [-0.1, -0.05) is 6.92 Å². The molecule has 0 atom stereocenters. The topological polar surface area (TPSA) is 73.1 Å². The highest BCUT2D eigenvalue weighted by Gasteiger charge is 2.34. The van der Waals surface area contributed by atoms with Crippen molar-refractivity contribution in [3.8, 4) is 11.6 Å². The van der Waals surface area contributed by atoms with E-state index < -0.39 is 49.3 Å². The van der Waals surface area contributed by atoms with Gasteiger partial charge in [0.1, 0.15) is 11.2 Å². The maximum absolute atomic E-state index is 13.0. The van der Waals surface area contributed by atoms with E-state index in [9.17, 15) is 34.8 Å². The summed E-state index contributed by atoms with van der Waals surface area (Å²) in [5, 5.41) is 0. The van der Waals surface area contributed by atoms with E-state index in [1.165, 1.54) is 13.0 Å². The van der Waals surface area contributed by atoms with Gasteiger partial charge in [-0.05, 0) is 36.0 Å². The molecule has 0 aliphatic rings. The number of thioether (sulfide) groups is 1. The van der Waals surface area contributed by atoms with E-state index in [1.54, 1.807) is 0 Å². The van der Waals surface area contributed by atoms with E-state index in [1.807, 2.05) is 0 Å². The molecule has 156 valence electrons. The fraction of sp³-hybridized carbons (Fsp3) is 0.250. The number of aromatic nitrogens is 2. The van der Waals surface area contributed by atoms with Crippen LogP contribution in [0, 0.1) is 0 Å². The summed E-state index contributed by atoms with van der Waals surface area (Å²) >= 11 is -0.382. The van der Waals surface area contributed by atoms with Crippen molar-refractivity contribution in [3.63, 3.8) is 0 Å². The van der Waals surface area contributed by atoms with Crippen LogP contribution in [0.2, 0.25) is 0 Å². The summed E-state index contributed by atoms with van der Waals surface area (Å²) in [6, 6.07) is 3.82. The zero-order valence-corrected chi connectivity index (χ0v) is 15.9. The monoisotopic (exact) mass is 456 g/mol. The van der Waals surface area contributed by atoms with Crippen molar-refractivity contribution in [3.05, 3.63) is 36.0 Å². The number of nitrogens with zero attached hydrogens (tertiary/aromatic N) is 2. The molecular weight excluding hydrogens is 446 g/mol. The lowest BCUT2D eigenvalue weighted by atomic mass is 10.2. The van der Waals surface area contributed by atoms with Crippen LogP contribution in [0.5, 0.6) is 0 Å². The van der Waals surface area contributed by atoms with Gasteiger partial charge in [-0.25, -0.2) is 18.4 Å². The number of halogens is 6. The Labute approximate surface area is 164 Å². The van der Waals surface area contributed by atoms with Crippen molar-refractivity contribution in [2.45, 2.75) is 28.4 Å². The third-order valence-corrected chi connectivity index (χ3v) is 6.15. The van der Waals surface area contributed by atoms with E-state index in [0.29, 0.717) is 12.3 Å². The van der Waals surface area contributed by atoms with Crippen molar-refractivity contribution in [1.82, 2.24) is 9.97 Å². The first-order chi connectivity index (χ1) is 13.3. The summed E-state index contributed by atoms with van der Waals surface area (Å²) in [4.78, 5) is 6.57. The highest BCUT2D eigenvalue weighted by Crippen LogP contribution is 2.39. The molecule has 0 aliphatic carbocycles. The number of alkyl halides is 6. The van der Waals surface area contributed by atoms with Gasteiger partial charge in [0, 0.05) is 11.1 Å². The highest BCUT2D eigenvalue weighted by atomic mass is 32.2. The molecule has 0 unspecified atom stereocenters. The van der Waals surface area contributed by atoms with Crippen molar-refractivity contribution < 1.29 is 39.2 Å². The molecule has 0 saturated heterocycles. The number of sulfone groups is 1. The largest absolute Gasteiger partial charge is 0.446 e. The summed E-state index contributed by atoms with van der Waals surface area (Å²) in [6.45, 7) is 1.24. The van der Waals surface area contributed by atoms with Crippen LogP contribution >= 0.6 is 11.8 Å². The molecule has 2 heterocycles. The minimum atomic E-state index is -4.82. The van der Waals surface area contributed by atoms with Gasteiger partial charge in [-0.2, -0.15) is 26.3 Å². The molecule has 5 nitrogen and oxygen atoms in total. The number of hydrogen-bond donors (Lipinski definition) is 0. The first-order valence-electron chi connectivity index (χ1n) is 7.77. The van der Waals surface area contributed by atoms with Gasteiger partial charge in [0.25, 0.3) is 0 Å². The van der Waals surface area contributed by atoms with Crippen LogP contribution in [-0.4, -0.2) is 29.6 Å². The molecule has 13 heteroatoms. The van der Waals surface area contributed by atoms with Gasteiger partial charge in [-0.3, -0.25) is 0 Å².